The van der Waals surface area contributed by atoms with Gasteiger partial charge in [0.15, 0.2) is 0 Å². The van der Waals surface area contributed by atoms with E-state index in [1.165, 1.54) is 0 Å². The number of rotatable bonds is 7. The Morgan fingerprint density at radius 2 is 1.97 bits per heavy atom. The molecule has 0 spiro atoms. The molecule has 4 rings (SSSR count). The van der Waals surface area contributed by atoms with E-state index < -0.39 is 0 Å². The monoisotopic (exact) mass is 414 g/mol. The number of H-pyrrole nitrogens is 1. The van der Waals surface area contributed by atoms with E-state index in [0.717, 1.165) is 75.4 Å². The maximum atomic E-state index is 12.5. The number of amides is 1. The molecule has 0 atom stereocenters. The van der Waals surface area contributed by atoms with E-state index >= 15 is 0 Å². The summed E-state index contributed by atoms with van der Waals surface area (Å²) in [5.74, 6) is 0.812. The highest BCUT2D eigenvalue weighted by atomic mass is 16.5. The number of carbonyl (C=O) groups is 1. The molecule has 0 aliphatic carbocycles. The molecule has 0 unspecified atom stereocenters. The molecule has 7 heteroatoms. The Morgan fingerprint density at radius 3 is 2.70 bits per heavy atom. The van der Waals surface area contributed by atoms with Crippen molar-refractivity contribution >= 4 is 16.8 Å². The molecule has 1 aromatic heterocycles. The molecule has 2 N–H and O–H groups in total. The Balaban J connectivity index is 1.30. The highest BCUT2D eigenvalue weighted by molar-refractivity contribution is 5.98. The first-order valence-corrected chi connectivity index (χ1v) is 11.2. The van der Waals surface area contributed by atoms with E-state index in [2.05, 4.69) is 33.9 Å². The molecule has 2 aliphatic rings. The van der Waals surface area contributed by atoms with Crippen molar-refractivity contribution < 1.29 is 14.3 Å². The number of aromatic nitrogens is 1. The summed E-state index contributed by atoms with van der Waals surface area (Å²) < 4.78 is 11.6. The second kappa shape index (κ2) is 9.81. The standard InChI is InChI=1S/C23H34N4O3/c1-17(2)27-8-5-19(6-9-27)30-20-3-4-21-18(15-20)16-22(25-21)23(28)24-7-10-26-11-13-29-14-12-26/h3-4,15-17,19,25H,5-14H2,1-2H3,(H,24,28). The molecule has 2 aromatic rings. The summed E-state index contributed by atoms with van der Waals surface area (Å²) in [6.45, 7) is 11.6. The number of fused-ring (bicyclic) bond motifs is 1. The van der Waals surface area contributed by atoms with Gasteiger partial charge in [-0.25, -0.2) is 0 Å². The fraction of sp³-hybridized carbons (Fsp3) is 0.609. The van der Waals surface area contributed by atoms with Crippen LogP contribution in [0.2, 0.25) is 0 Å². The molecular formula is C23H34N4O3. The quantitative estimate of drug-likeness (QED) is 0.729. The third-order valence-electron chi connectivity index (χ3n) is 6.16. The molecule has 2 saturated heterocycles. The van der Waals surface area contributed by atoms with Crippen molar-refractivity contribution in [3.63, 3.8) is 0 Å². The van der Waals surface area contributed by atoms with Crippen LogP contribution in [0.15, 0.2) is 24.3 Å². The number of carbonyl (C=O) groups excluding carboxylic acids is 1. The normalized spacial score (nSPS) is 19.4. The first-order chi connectivity index (χ1) is 14.6. The van der Waals surface area contributed by atoms with E-state index in [0.29, 0.717) is 18.3 Å². The molecule has 1 aromatic carbocycles. The second-order valence-corrected chi connectivity index (χ2v) is 8.59. The van der Waals surface area contributed by atoms with Crippen LogP contribution in [0.4, 0.5) is 0 Å². The van der Waals surface area contributed by atoms with Crippen LogP contribution in [0, 0.1) is 0 Å². The van der Waals surface area contributed by atoms with Crippen molar-refractivity contribution in [2.75, 3.05) is 52.5 Å². The summed E-state index contributed by atoms with van der Waals surface area (Å²) in [5, 5.41) is 4.02. The number of hydrogen-bond acceptors (Lipinski definition) is 5. The number of hydrogen-bond donors (Lipinski definition) is 2. The van der Waals surface area contributed by atoms with Gasteiger partial charge in [0.05, 0.1) is 13.2 Å². The maximum absolute atomic E-state index is 12.5. The highest BCUT2D eigenvalue weighted by Crippen LogP contribution is 2.25. The van der Waals surface area contributed by atoms with Gasteiger partial charge in [-0.15, -0.1) is 0 Å². The van der Waals surface area contributed by atoms with Gasteiger partial charge in [-0.2, -0.15) is 0 Å². The minimum absolute atomic E-state index is 0.0667. The molecule has 3 heterocycles. The fourth-order valence-electron chi connectivity index (χ4n) is 4.26. The summed E-state index contributed by atoms with van der Waals surface area (Å²) in [5.41, 5.74) is 1.55. The Hall–Kier alpha value is -2.09. The van der Waals surface area contributed by atoms with Crippen molar-refractivity contribution in [3.05, 3.63) is 30.0 Å². The van der Waals surface area contributed by atoms with Gasteiger partial charge in [0.1, 0.15) is 17.5 Å². The molecule has 0 saturated carbocycles. The van der Waals surface area contributed by atoms with Gasteiger partial charge >= 0.3 is 0 Å². The number of ether oxygens (including phenoxy) is 2. The number of piperidine rings is 1. The summed E-state index contributed by atoms with van der Waals surface area (Å²) in [6, 6.07) is 8.53. The number of morpholine rings is 1. The first kappa shape index (κ1) is 21.2. The molecule has 30 heavy (non-hydrogen) atoms. The van der Waals surface area contributed by atoms with Crippen molar-refractivity contribution in [1.82, 2.24) is 20.1 Å². The molecule has 0 bridgehead atoms. The van der Waals surface area contributed by atoms with E-state index in [1.54, 1.807) is 0 Å². The SMILES string of the molecule is CC(C)N1CCC(Oc2ccc3[nH]c(C(=O)NCCN4CCOCC4)cc3c2)CC1. The van der Waals surface area contributed by atoms with Crippen LogP contribution in [0.1, 0.15) is 37.2 Å². The van der Waals surface area contributed by atoms with Crippen molar-refractivity contribution in [2.45, 2.75) is 38.8 Å². The van der Waals surface area contributed by atoms with Crippen LogP contribution < -0.4 is 10.1 Å². The molecule has 164 valence electrons. The van der Waals surface area contributed by atoms with Crippen molar-refractivity contribution in [1.29, 1.82) is 0 Å². The third-order valence-corrected chi connectivity index (χ3v) is 6.16. The Morgan fingerprint density at radius 1 is 1.20 bits per heavy atom. The van der Waals surface area contributed by atoms with Crippen LogP contribution in [-0.4, -0.2) is 85.3 Å². The van der Waals surface area contributed by atoms with Gasteiger partial charge in [-0.3, -0.25) is 9.69 Å². The Kier molecular flexibility index (Phi) is 6.92. The van der Waals surface area contributed by atoms with Gasteiger partial charge in [0.25, 0.3) is 5.91 Å². The minimum atomic E-state index is -0.0667. The fourth-order valence-corrected chi connectivity index (χ4v) is 4.26. The van der Waals surface area contributed by atoms with Gasteiger partial charge < -0.3 is 24.7 Å². The van der Waals surface area contributed by atoms with Crippen molar-refractivity contribution in [2.24, 2.45) is 0 Å². The minimum Gasteiger partial charge on any atom is -0.490 e. The van der Waals surface area contributed by atoms with Crippen molar-refractivity contribution in [3.8, 4) is 5.75 Å². The highest BCUT2D eigenvalue weighted by Gasteiger charge is 2.22. The molecule has 1 amide bonds. The largest absolute Gasteiger partial charge is 0.490 e. The predicted octanol–water partition coefficient (Wildman–Crippen LogP) is 2.48. The zero-order valence-corrected chi connectivity index (χ0v) is 18.2. The zero-order valence-electron chi connectivity index (χ0n) is 18.2. The van der Waals surface area contributed by atoms with Gasteiger partial charge in [-0.05, 0) is 51.0 Å². The number of likely N-dealkylation sites (tertiary alicyclic amines) is 1. The Labute approximate surface area is 178 Å². The van der Waals surface area contributed by atoms with Crippen LogP contribution in [0.25, 0.3) is 10.9 Å². The summed E-state index contributed by atoms with van der Waals surface area (Å²) in [4.78, 5) is 20.6. The van der Waals surface area contributed by atoms with E-state index in [4.69, 9.17) is 9.47 Å². The smallest absolute Gasteiger partial charge is 0.267 e. The number of nitrogens with one attached hydrogen (secondary N) is 2. The van der Waals surface area contributed by atoms with Crippen LogP contribution in [-0.2, 0) is 4.74 Å². The lowest BCUT2D eigenvalue weighted by molar-refractivity contribution is 0.0383. The topological polar surface area (TPSA) is 69.8 Å². The predicted molar refractivity (Wildman–Crippen MR) is 118 cm³/mol. The summed E-state index contributed by atoms with van der Waals surface area (Å²) in [6.07, 6.45) is 2.37. The van der Waals surface area contributed by atoms with E-state index in [-0.39, 0.29) is 12.0 Å². The number of nitrogens with zero attached hydrogens (tertiary/aromatic N) is 2. The van der Waals surface area contributed by atoms with E-state index in [1.807, 2.05) is 24.3 Å². The number of aromatic amines is 1. The van der Waals surface area contributed by atoms with E-state index in [9.17, 15) is 4.79 Å². The third kappa shape index (κ3) is 5.33. The second-order valence-electron chi connectivity index (χ2n) is 8.59. The van der Waals surface area contributed by atoms with Gasteiger partial charge in [0, 0.05) is 56.2 Å². The van der Waals surface area contributed by atoms with Gasteiger partial charge in [-0.1, -0.05) is 0 Å². The Bertz CT molecular complexity index is 836. The van der Waals surface area contributed by atoms with Crippen LogP contribution >= 0.6 is 0 Å². The first-order valence-electron chi connectivity index (χ1n) is 11.2. The van der Waals surface area contributed by atoms with Gasteiger partial charge in [0.2, 0.25) is 0 Å². The lowest BCUT2D eigenvalue weighted by Crippen LogP contribution is -2.41. The molecule has 2 aliphatic heterocycles. The molecular weight excluding hydrogens is 380 g/mol. The number of benzene rings is 1. The summed E-state index contributed by atoms with van der Waals surface area (Å²) in [7, 11) is 0. The average Bonchev–Trinajstić information content (AvgIpc) is 3.18. The van der Waals surface area contributed by atoms with Crippen LogP contribution in [0.3, 0.4) is 0 Å². The molecule has 7 nitrogen and oxygen atoms in total. The summed E-state index contributed by atoms with van der Waals surface area (Å²) >= 11 is 0. The maximum Gasteiger partial charge on any atom is 0.267 e. The lowest BCUT2D eigenvalue weighted by atomic mass is 10.1. The lowest BCUT2D eigenvalue weighted by Gasteiger charge is -2.34. The zero-order chi connectivity index (χ0) is 20.9. The molecule has 2 fully saturated rings. The average molecular weight is 415 g/mol. The molecule has 0 radical (unpaired) electrons. The van der Waals surface area contributed by atoms with Crippen LogP contribution in [0.5, 0.6) is 5.75 Å².